The van der Waals surface area contributed by atoms with Gasteiger partial charge < -0.3 is 31.8 Å². The smallest absolute Gasteiger partial charge is 0.457 e. The molecule has 0 aliphatic carbocycles. The summed E-state index contributed by atoms with van der Waals surface area (Å²) in [4.78, 5) is 13.4. The number of hydrogen-bond donors (Lipinski definition) is 0. The SMILES string of the molecule is N#CN=C=[N-].N#CN=C=[N-].[Co+2].[OH3+].[OH3+].c1ccc(-n2cnnc2)nc1.c1ccc(-n2cnnc2)nc1. The fourth-order valence-electron chi connectivity index (χ4n) is 1.70. The Morgan fingerprint density at radius 3 is 1.20 bits per heavy atom. The normalized spacial score (nSPS) is 7.26. The molecule has 0 aromatic carbocycles. The first-order valence-corrected chi connectivity index (χ1v) is 8.24. The van der Waals surface area contributed by atoms with Crippen molar-refractivity contribution in [3.63, 3.8) is 0 Å². The van der Waals surface area contributed by atoms with E-state index in [9.17, 15) is 0 Å². The zero-order valence-corrected chi connectivity index (χ0v) is 18.7. The minimum absolute atomic E-state index is 0. The zero-order chi connectivity index (χ0) is 23.3. The summed E-state index contributed by atoms with van der Waals surface area (Å²) in [5.74, 6) is 1.66. The molecular weight excluding hydrogens is 503 g/mol. The summed E-state index contributed by atoms with van der Waals surface area (Å²) in [6, 6.07) is 13.9. The van der Waals surface area contributed by atoms with Crippen molar-refractivity contribution in [2.75, 3.05) is 0 Å². The summed E-state index contributed by atoms with van der Waals surface area (Å²) < 4.78 is 3.50. The fourth-order valence-corrected chi connectivity index (χ4v) is 1.70. The first kappa shape index (κ1) is 34.4. The van der Waals surface area contributed by atoms with Gasteiger partial charge in [0, 0.05) is 12.4 Å². The second-order valence-electron chi connectivity index (χ2n) is 4.74. The van der Waals surface area contributed by atoms with E-state index in [1.807, 2.05) is 36.4 Å². The fraction of sp³-hybridized carbons (Fsp3) is 0. The molecule has 0 aliphatic heterocycles. The molecular formula is C18H18CoN14O2+2. The molecule has 4 aromatic rings. The van der Waals surface area contributed by atoms with E-state index in [0.29, 0.717) is 0 Å². The van der Waals surface area contributed by atoms with Crippen molar-refractivity contribution >= 4 is 12.0 Å². The third kappa shape index (κ3) is 15.2. The standard InChI is InChI=1S/2C7H6N4.2C2N3.Co.2H2O/c2*1-2-4-8-7(3-1)11-5-9-10-6-11;2*3-1-5-2-4;;;/h2*1-6H;;;;2*1H2/q;;2*-1;+2;;/p+2. The van der Waals surface area contributed by atoms with Gasteiger partial charge in [0.25, 0.3) is 0 Å². The van der Waals surface area contributed by atoms with Gasteiger partial charge in [-0.15, -0.1) is 32.4 Å². The molecule has 0 spiro atoms. The Balaban J connectivity index is -0.000000405. The molecule has 0 saturated carbocycles. The molecule has 179 valence electrons. The minimum Gasteiger partial charge on any atom is -0.457 e. The van der Waals surface area contributed by atoms with Crippen LogP contribution in [0.25, 0.3) is 22.5 Å². The Hall–Kier alpha value is -5.25. The molecule has 0 amide bonds. The van der Waals surface area contributed by atoms with Crippen molar-refractivity contribution in [1.29, 1.82) is 10.5 Å². The Bertz CT molecular complexity index is 1100. The van der Waals surface area contributed by atoms with E-state index in [-0.39, 0.29) is 27.7 Å². The maximum absolute atomic E-state index is 7.43. The summed E-state index contributed by atoms with van der Waals surface area (Å²) in [6.07, 6.45) is 12.5. The first-order chi connectivity index (χ1) is 15.8. The summed E-state index contributed by atoms with van der Waals surface area (Å²) in [6.45, 7) is 0. The molecule has 17 heteroatoms. The van der Waals surface area contributed by atoms with Gasteiger partial charge >= 0.3 is 16.8 Å². The molecule has 6 N–H and O–H groups in total. The Morgan fingerprint density at radius 2 is 1.00 bits per heavy atom. The average molecular weight is 521 g/mol. The van der Waals surface area contributed by atoms with E-state index in [0.717, 1.165) is 11.6 Å². The first-order valence-electron chi connectivity index (χ1n) is 8.24. The second kappa shape index (κ2) is 23.4. The third-order valence-electron chi connectivity index (χ3n) is 2.87. The minimum atomic E-state index is 0. The topological polar surface area (TPSA) is 270 Å². The van der Waals surface area contributed by atoms with Crippen LogP contribution in [0.4, 0.5) is 0 Å². The Kier molecular flexibility index (Phi) is 23.0. The molecule has 1 radical (unpaired) electrons. The largest absolute Gasteiger partial charge is 2.00 e. The molecule has 16 nitrogen and oxygen atoms in total. The van der Waals surface area contributed by atoms with Crippen molar-refractivity contribution in [3.8, 4) is 24.0 Å². The van der Waals surface area contributed by atoms with Gasteiger partial charge in [0.2, 0.25) is 0 Å². The van der Waals surface area contributed by atoms with E-state index >= 15 is 0 Å². The molecule has 0 fully saturated rings. The second-order valence-corrected chi connectivity index (χ2v) is 4.74. The van der Waals surface area contributed by atoms with Crippen molar-refractivity contribution in [2.24, 2.45) is 9.98 Å². The summed E-state index contributed by atoms with van der Waals surface area (Å²) in [5, 5.41) is 44.4. The van der Waals surface area contributed by atoms with Crippen LogP contribution in [0, 0.1) is 22.9 Å². The van der Waals surface area contributed by atoms with Crippen LogP contribution in [0.2, 0.25) is 0 Å². The number of aromatic nitrogens is 8. The maximum atomic E-state index is 7.43. The summed E-state index contributed by atoms with van der Waals surface area (Å²) in [5.41, 5.74) is 0. The molecule has 0 bridgehead atoms. The van der Waals surface area contributed by atoms with Crippen molar-refractivity contribution in [1.82, 2.24) is 39.5 Å². The van der Waals surface area contributed by atoms with Crippen LogP contribution in [-0.2, 0) is 27.7 Å². The van der Waals surface area contributed by atoms with Crippen molar-refractivity contribution < 1.29 is 27.7 Å². The number of rotatable bonds is 2. The molecule has 4 aromatic heterocycles. The van der Waals surface area contributed by atoms with Gasteiger partial charge in [0.05, 0.1) is 12.4 Å². The van der Waals surface area contributed by atoms with E-state index in [1.165, 1.54) is 24.4 Å². The van der Waals surface area contributed by atoms with Gasteiger partial charge in [-0.25, -0.2) is 9.97 Å². The number of pyridine rings is 2. The molecule has 0 atom stereocenters. The van der Waals surface area contributed by atoms with Crippen LogP contribution in [0.15, 0.2) is 84.1 Å². The van der Waals surface area contributed by atoms with Crippen LogP contribution in [0.3, 0.4) is 0 Å². The van der Waals surface area contributed by atoms with Gasteiger partial charge in [-0.05, 0) is 24.3 Å². The van der Waals surface area contributed by atoms with Crippen LogP contribution in [0.5, 0.6) is 0 Å². The summed E-state index contributed by atoms with van der Waals surface area (Å²) in [7, 11) is 0. The number of nitrogens with zero attached hydrogens (tertiary/aromatic N) is 14. The molecule has 0 unspecified atom stereocenters. The van der Waals surface area contributed by atoms with Crippen LogP contribution in [-0.4, -0.2) is 51.5 Å². The Labute approximate surface area is 208 Å². The van der Waals surface area contributed by atoms with E-state index in [4.69, 9.17) is 21.3 Å². The summed E-state index contributed by atoms with van der Waals surface area (Å²) >= 11 is 0. The van der Waals surface area contributed by atoms with Crippen LogP contribution in [0.1, 0.15) is 0 Å². The third-order valence-corrected chi connectivity index (χ3v) is 2.87. The zero-order valence-electron chi connectivity index (χ0n) is 17.7. The van der Waals surface area contributed by atoms with Gasteiger partial charge in [-0.1, -0.05) is 12.1 Å². The average Bonchev–Trinajstić information content (AvgIpc) is 3.58. The van der Waals surface area contributed by atoms with Crippen LogP contribution < -0.4 is 0 Å². The van der Waals surface area contributed by atoms with Crippen molar-refractivity contribution in [2.45, 2.75) is 0 Å². The predicted octanol–water partition coefficient (Wildman–Crippen LogP) is -0.100. The van der Waals surface area contributed by atoms with E-state index in [1.54, 1.807) is 46.8 Å². The quantitative estimate of drug-likeness (QED) is 0.194. The number of nitriles is 2. The Morgan fingerprint density at radius 1 is 0.657 bits per heavy atom. The monoisotopic (exact) mass is 521 g/mol. The van der Waals surface area contributed by atoms with Crippen molar-refractivity contribution in [3.05, 3.63) is 84.9 Å². The molecule has 0 saturated heterocycles. The van der Waals surface area contributed by atoms with Gasteiger partial charge in [-0.3, -0.25) is 9.13 Å². The molecule has 4 heterocycles. The van der Waals surface area contributed by atoms with Gasteiger partial charge in [0.1, 0.15) is 36.9 Å². The van der Waals surface area contributed by atoms with Crippen LogP contribution >= 0.6 is 0 Å². The van der Waals surface area contributed by atoms with Gasteiger partial charge in [0.15, 0.2) is 0 Å². The predicted molar refractivity (Wildman–Crippen MR) is 121 cm³/mol. The molecule has 0 aliphatic rings. The van der Waals surface area contributed by atoms with E-state index < -0.39 is 0 Å². The number of aliphatic imine (C=N–C) groups is 2. The molecule has 35 heavy (non-hydrogen) atoms. The van der Waals surface area contributed by atoms with Gasteiger partial charge in [-0.2, -0.15) is 10.5 Å². The number of hydrogen-bond acceptors (Lipinski definition) is 10. The maximum Gasteiger partial charge on any atom is 2.00 e. The van der Waals surface area contributed by atoms with E-state index in [2.05, 4.69) is 40.3 Å². The molecule has 4 rings (SSSR count).